The Balaban J connectivity index is 1.30. The summed E-state index contributed by atoms with van der Waals surface area (Å²) in [6.07, 6.45) is 6.36. The van der Waals surface area contributed by atoms with Crippen LogP contribution in [-0.4, -0.2) is 52.6 Å². The van der Waals surface area contributed by atoms with E-state index in [1.54, 1.807) is 12.4 Å². The summed E-state index contributed by atoms with van der Waals surface area (Å²) in [7, 11) is 0. The summed E-state index contributed by atoms with van der Waals surface area (Å²) < 4.78 is 4.56. The van der Waals surface area contributed by atoms with Crippen LogP contribution in [0, 0.1) is 0 Å². The molecular weight excluding hydrogens is 691 g/mol. The molecule has 0 unspecified atom stereocenters. The number of amidine groups is 1. The molecule has 4 aromatic heterocycles. The van der Waals surface area contributed by atoms with Crippen LogP contribution in [0.15, 0.2) is 168 Å². The third-order valence-corrected chi connectivity index (χ3v) is 10.4. The van der Waals surface area contributed by atoms with Crippen molar-refractivity contribution in [2.45, 2.75) is 6.42 Å². The summed E-state index contributed by atoms with van der Waals surface area (Å²) in [5, 5.41) is 4.28. The van der Waals surface area contributed by atoms with Crippen molar-refractivity contribution in [3.8, 4) is 45.8 Å². The molecule has 0 aliphatic carbocycles. The van der Waals surface area contributed by atoms with Crippen LogP contribution in [0.2, 0.25) is 0 Å². The Morgan fingerprint density at radius 3 is 1.64 bits per heavy atom. The van der Waals surface area contributed by atoms with Crippen molar-refractivity contribution in [2.24, 2.45) is 9.98 Å². The molecule has 9 heteroatoms. The summed E-state index contributed by atoms with van der Waals surface area (Å²) >= 11 is 0. The topological polar surface area (TPSA) is 99.0 Å². The molecule has 0 bridgehead atoms. The SMILES string of the molecule is C1=NC(c2ccc3c(c2)c2ccc4c5cc(-c6ncccn6)ccc5n(-c5ccccc5)c4c2n3-c2nc(-c3ccccc3)nc(-c3ccccc3)n2)=NCC1. The highest BCUT2D eigenvalue weighted by Gasteiger charge is 2.24. The number of fused-ring (bicyclic) bond motifs is 7. The number of nitrogens with zero attached hydrogens (tertiary/aromatic N) is 9. The smallest absolute Gasteiger partial charge is 0.238 e. The maximum Gasteiger partial charge on any atom is 0.238 e. The third kappa shape index (κ3) is 5.20. The van der Waals surface area contributed by atoms with Gasteiger partial charge in [-0.1, -0.05) is 91.0 Å². The van der Waals surface area contributed by atoms with Crippen LogP contribution in [0.1, 0.15) is 12.0 Å². The van der Waals surface area contributed by atoms with Crippen molar-refractivity contribution >= 4 is 55.7 Å². The Bertz CT molecular complexity index is 3110. The summed E-state index contributed by atoms with van der Waals surface area (Å²) in [4.78, 5) is 34.2. The van der Waals surface area contributed by atoms with E-state index >= 15 is 0 Å². The van der Waals surface area contributed by atoms with E-state index in [1.807, 2.05) is 79.0 Å². The first kappa shape index (κ1) is 31.8. The summed E-state index contributed by atoms with van der Waals surface area (Å²) in [6.45, 7) is 0.724. The van der Waals surface area contributed by atoms with Crippen LogP contribution in [0.5, 0.6) is 0 Å². The predicted molar refractivity (Wildman–Crippen MR) is 225 cm³/mol. The molecule has 56 heavy (non-hydrogen) atoms. The second-order valence-corrected chi connectivity index (χ2v) is 13.7. The van der Waals surface area contributed by atoms with Gasteiger partial charge in [0.15, 0.2) is 23.3 Å². The molecule has 264 valence electrons. The van der Waals surface area contributed by atoms with Gasteiger partial charge in [-0.25, -0.2) is 19.9 Å². The summed E-state index contributed by atoms with van der Waals surface area (Å²) in [5.74, 6) is 3.13. The van der Waals surface area contributed by atoms with Gasteiger partial charge in [-0.2, -0.15) is 9.97 Å². The summed E-state index contributed by atoms with van der Waals surface area (Å²) in [6, 6.07) is 50.0. The Labute approximate surface area is 321 Å². The maximum atomic E-state index is 5.27. The van der Waals surface area contributed by atoms with Crippen LogP contribution in [0.4, 0.5) is 0 Å². The minimum Gasteiger partial charge on any atom is -0.307 e. The minimum atomic E-state index is 0.522. The molecule has 1 aliphatic heterocycles. The molecule has 0 N–H and O–H groups in total. The van der Waals surface area contributed by atoms with E-state index in [0.29, 0.717) is 23.4 Å². The van der Waals surface area contributed by atoms with Crippen LogP contribution < -0.4 is 0 Å². The molecule has 9 nitrogen and oxygen atoms in total. The zero-order chi connectivity index (χ0) is 37.0. The van der Waals surface area contributed by atoms with Crippen molar-refractivity contribution in [2.75, 3.05) is 6.54 Å². The predicted octanol–water partition coefficient (Wildman–Crippen LogP) is 10.1. The Morgan fingerprint density at radius 1 is 0.446 bits per heavy atom. The summed E-state index contributed by atoms with van der Waals surface area (Å²) in [5.41, 5.74) is 8.80. The van der Waals surface area contributed by atoms with Gasteiger partial charge in [-0.05, 0) is 54.6 Å². The van der Waals surface area contributed by atoms with E-state index in [0.717, 1.165) is 90.4 Å². The fraction of sp³-hybridized carbons (Fsp3) is 0.0426. The van der Waals surface area contributed by atoms with Crippen molar-refractivity contribution in [3.63, 3.8) is 0 Å². The Morgan fingerprint density at radius 2 is 1.02 bits per heavy atom. The molecular formula is C47H31N9. The molecule has 0 saturated carbocycles. The second kappa shape index (κ2) is 13.0. The number of hydrogen-bond acceptors (Lipinski definition) is 7. The minimum absolute atomic E-state index is 0.522. The van der Waals surface area contributed by atoms with Crippen molar-refractivity contribution < 1.29 is 0 Å². The standard InChI is InChI=1S/C47H31N9/c1-4-12-30(13-5-1)45-52-46(31-14-6-2-7-15-31)54-47(53-45)56-40-23-19-33(44-50-26-11-27-51-44)29-38(40)36-21-20-35-37-28-32(43-48-24-10-25-49-43)18-22-39(37)55(41(35)42(36)56)34-16-8-3-9-17-34/h1-10,12-26,28-29H,11,27H2. The number of para-hydroxylation sites is 1. The third-order valence-electron chi connectivity index (χ3n) is 10.4. The molecule has 6 aromatic carbocycles. The molecule has 0 radical (unpaired) electrons. The Hall–Kier alpha value is -7.65. The number of hydrogen-bond donors (Lipinski definition) is 0. The molecule has 0 fully saturated rings. The lowest BCUT2D eigenvalue weighted by Gasteiger charge is -2.13. The number of benzene rings is 6. The van der Waals surface area contributed by atoms with Crippen molar-refractivity contribution in [1.82, 2.24) is 34.1 Å². The number of aromatic nitrogens is 7. The van der Waals surface area contributed by atoms with Crippen LogP contribution in [0.3, 0.4) is 0 Å². The van der Waals surface area contributed by atoms with Gasteiger partial charge in [0.25, 0.3) is 0 Å². The molecule has 10 aromatic rings. The van der Waals surface area contributed by atoms with Gasteiger partial charge in [-0.3, -0.25) is 9.56 Å². The van der Waals surface area contributed by atoms with E-state index < -0.39 is 0 Å². The highest BCUT2D eigenvalue weighted by molar-refractivity contribution is 6.24. The molecule has 11 rings (SSSR count). The first-order chi connectivity index (χ1) is 27.8. The molecule has 0 amide bonds. The van der Waals surface area contributed by atoms with Crippen LogP contribution >= 0.6 is 0 Å². The molecule has 5 heterocycles. The zero-order valence-corrected chi connectivity index (χ0v) is 30.0. The molecule has 1 aliphatic rings. The zero-order valence-electron chi connectivity index (χ0n) is 30.0. The lowest BCUT2D eigenvalue weighted by atomic mass is 10.1. The molecule has 0 spiro atoms. The first-order valence-corrected chi connectivity index (χ1v) is 18.6. The van der Waals surface area contributed by atoms with Gasteiger partial charge in [-0.15, -0.1) is 0 Å². The lowest BCUT2D eigenvalue weighted by molar-refractivity contribution is 0.953. The largest absolute Gasteiger partial charge is 0.307 e. The van der Waals surface area contributed by atoms with Gasteiger partial charge < -0.3 is 4.57 Å². The molecule has 0 saturated heterocycles. The van der Waals surface area contributed by atoms with Gasteiger partial charge in [0, 0.05) is 81.1 Å². The number of aliphatic imine (C=N–C) groups is 2. The quantitative estimate of drug-likeness (QED) is 0.170. The fourth-order valence-corrected chi connectivity index (χ4v) is 7.86. The lowest BCUT2D eigenvalue weighted by Crippen LogP contribution is -2.07. The van der Waals surface area contributed by atoms with Crippen molar-refractivity contribution in [1.29, 1.82) is 0 Å². The monoisotopic (exact) mass is 721 g/mol. The van der Waals surface area contributed by atoms with Crippen LogP contribution in [0.25, 0.3) is 89.4 Å². The maximum absolute atomic E-state index is 5.27. The van der Waals surface area contributed by atoms with Gasteiger partial charge in [0.1, 0.15) is 0 Å². The van der Waals surface area contributed by atoms with E-state index in [4.69, 9.17) is 19.9 Å². The highest BCUT2D eigenvalue weighted by Crippen LogP contribution is 2.42. The van der Waals surface area contributed by atoms with Gasteiger partial charge in [0.05, 0.1) is 22.1 Å². The highest BCUT2D eigenvalue weighted by atomic mass is 15.2. The first-order valence-electron chi connectivity index (χ1n) is 18.6. The molecule has 0 atom stereocenters. The van der Waals surface area contributed by atoms with Crippen molar-refractivity contribution in [3.05, 3.63) is 164 Å². The van der Waals surface area contributed by atoms with E-state index in [9.17, 15) is 0 Å². The van der Waals surface area contributed by atoms with E-state index in [2.05, 4.69) is 96.9 Å². The average Bonchev–Trinajstić information content (AvgIpc) is 3.80. The average molecular weight is 722 g/mol. The van der Waals surface area contributed by atoms with Gasteiger partial charge >= 0.3 is 0 Å². The fourth-order valence-electron chi connectivity index (χ4n) is 7.86. The van der Waals surface area contributed by atoms with Gasteiger partial charge in [0.2, 0.25) is 5.95 Å². The van der Waals surface area contributed by atoms with E-state index in [-0.39, 0.29) is 0 Å². The number of rotatable bonds is 6. The van der Waals surface area contributed by atoms with E-state index in [1.165, 1.54) is 0 Å². The normalized spacial score (nSPS) is 12.9. The second-order valence-electron chi connectivity index (χ2n) is 13.7. The van der Waals surface area contributed by atoms with Crippen LogP contribution in [-0.2, 0) is 0 Å². The Kier molecular flexibility index (Phi) is 7.41.